The number of carbonyl (C=O) groups is 1. The molecular weight excluding hydrogens is 266 g/mol. The summed E-state index contributed by atoms with van der Waals surface area (Å²) in [5.41, 5.74) is 5.60. The normalized spacial score (nSPS) is 10.6. The molecule has 0 fully saturated rings. The van der Waals surface area contributed by atoms with Gasteiger partial charge in [0.1, 0.15) is 5.75 Å². The van der Waals surface area contributed by atoms with E-state index in [1.807, 2.05) is 53.2 Å². The van der Waals surface area contributed by atoms with Crippen LogP contribution in [0.15, 0.2) is 54.9 Å². The molecule has 3 rings (SSSR count). The van der Waals surface area contributed by atoms with E-state index < -0.39 is 0 Å². The van der Waals surface area contributed by atoms with Crippen molar-refractivity contribution in [3.8, 4) is 16.9 Å². The molecule has 21 heavy (non-hydrogen) atoms. The van der Waals surface area contributed by atoms with Crippen LogP contribution in [-0.2, 0) is 0 Å². The van der Waals surface area contributed by atoms with Gasteiger partial charge in [-0.05, 0) is 35.9 Å². The number of nitrogens with zero attached hydrogens (tertiary/aromatic N) is 1. The van der Waals surface area contributed by atoms with Gasteiger partial charge in [-0.15, -0.1) is 0 Å². The highest BCUT2D eigenvalue weighted by atomic mass is 16.5. The SMILES string of the molecule is COc1ccc(-c2cc3c(C(=O)NN)cccn3c2)cc1. The van der Waals surface area contributed by atoms with Gasteiger partial charge in [0.2, 0.25) is 0 Å². The number of amides is 1. The second-order valence-electron chi connectivity index (χ2n) is 4.65. The maximum absolute atomic E-state index is 11.8. The number of nitrogens with two attached hydrogens (primary N) is 1. The average Bonchev–Trinajstić information content (AvgIpc) is 2.98. The van der Waals surface area contributed by atoms with E-state index >= 15 is 0 Å². The van der Waals surface area contributed by atoms with Gasteiger partial charge in [-0.3, -0.25) is 10.2 Å². The smallest absolute Gasteiger partial charge is 0.267 e. The van der Waals surface area contributed by atoms with Gasteiger partial charge in [0.15, 0.2) is 0 Å². The Balaban J connectivity index is 2.10. The first-order chi connectivity index (χ1) is 10.2. The zero-order valence-corrected chi connectivity index (χ0v) is 11.5. The van der Waals surface area contributed by atoms with Gasteiger partial charge in [0, 0.05) is 18.0 Å². The molecule has 2 aromatic heterocycles. The summed E-state index contributed by atoms with van der Waals surface area (Å²) in [5, 5.41) is 0. The fraction of sp³-hybridized carbons (Fsp3) is 0.0625. The lowest BCUT2D eigenvalue weighted by molar-refractivity contribution is 0.0955. The summed E-state index contributed by atoms with van der Waals surface area (Å²) >= 11 is 0. The number of ether oxygens (including phenoxy) is 1. The fourth-order valence-corrected chi connectivity index (χ4v) is 2.35. The first-order valence-corrected chi connectivity index (χ1v) is 6.49. The van der Waals surface area contributed by atoms with Crippen LogP contribution in [0.5, 0.6) is 5.75 Å². The van der Waals surface area contributed by atoms with Crippen LogP contribution >= 0.6 is 0 Å². The second kappa shape index (κ2) is 5.30. The molecule has 0 atom stereocenters. The third kappa shape index (κ3) is 2.34. The molecule has 5 heteroatoms. The molecule has 0 saturated heterocycles. The molecule has 0 radical (unpaired) electrons. The Bertz CT molecular complexity index is 791. The minimum Gasteiger partial charge on any atom is -0.497 e. The van der Waals surface area contributed by atoms with E-state index in [9.17, 15) is 4.79 Å². The van der Waals surface area contributed by atoms with Crippen LogP contribution in [0.1, 0.15) is 10.4 Å². The molecule has 3 N–H and O–H groups in total. The first kappa shape index (κ1) is 13.2. The van der Waals surface area contributed by atoms with Crippen molar-refractivity contribution in [2.75, 3.05) is 7.11 Å². The van der Waals surface area contributed by atoms with Crippen LogP contribution < -0.4 is 16.0 Å². The molecule has 0 aliphatic carbocycles. The molecular formula is C16H15N3O2. The number of hydrogen-bond donors (Lipinski definition) is 2. The van der Waals surface area contributed by atoms with Crippen molar-refractivity contribution in [2.45, 2.75) is 0 Å². The Hall–Kier alpha value is -2.79. The molecule has 2 heterocycles. The van der Waals surface area contributed by atoms with Gasteiger partial charge < -0.3 is 9.14 Å². The van der Waals surface area contributed by atoms with E-state index in [0.29, 0.717) is 5.56 Å². The lowest BCUT2D eigenvalue weighted by Crippen LogP contribution is -2.30. The van der Waals surface area contributed by atoms with Gasteiger partial charge in [0.05, 0.1) is 18.2 Å². The van der Waals surface area contributed by atoms with E-state index in [2.05, 4.69) is 5.43 Å². The quantitative estimate of drug-likeness (QED) is 0.439. The number of benzene rings is 1. The number of rotatable bonds is 3. The number of aromatic nitrogens is 1. The number of hydrogen-bond acceptors (Lipinski definition) is 3. The summed E-state index contributed by atoms with van der Waals surface area (Å²) in [6, 6.07) is 13.3. The minimum atomic E-state index is -0.306. The van der Waals surface area contributed by atoms with Crippen molar-refractivity contribution in [1.82, 2.24) is 9.83 Å². The molecule has 5 nitrogen and oxygen atoms in total. The summed E-state index contributed by atoms with van der Waals surface area (Å²) in [6.07, 6.45) is 3.88. The van der Waals surface area contributed by atoms with E-state index in [1.165, 1.54) is 0 Å². The molecule has 106 valence electrons. The Morgan fingerprint density at radius 1 is 1.19 bits per heavy atom. The predicted molar refractivity (Wildman–Crippen MR) is 81.0 cm³/mol. The third-order valence-corrected chi connectivity index (χ3v) is 3.43. The van der Waals surface area contributed by atoms with E-state index in [-0.39, 0.29) is 5.91 Å². The van der Waals surface area contributed by atoms with E-state index in [0.717, 1.165) is 22.4 Å². The van der Waals surface area contributed by atoms with Crippen molar-refractivity contribution >= 4 is 11.4 Å². The average molecular weight is 281 g/mol. The van der Waals surface area contributed by atoms with Crippen LogP contribution in [0.25, 0.3) is 16.6 Å². The highest BCUT2D eigenvalue weighted by Crippen LogP contribution is 2.26. The summed E-state index contributed by atoms with van der Waals surface area (Å²) in [5.74, 6) is 5.73. The standard InChI is InChI=1S/C16H15N3O2/c1-21-13-6-4-11(5-7-13)12-9-15-14(16(20)18-17)3-2-8-19(15)10-12/h2-10H,17H2,1H3,(H,18,20). The Morgan fingerprint density at radius 3 is 2.62 bits per heavy atom. The van der Waals surface area contributed by atoms with Gasteiger partial charge in [-0.1, -0.05) is 12.1 Å². The summed E-state index contributed by atoms with van der Waals surface area (Å²) in [6.45, 7) is 0. The number of pyridine rings is 1. The number of nitrogens with one attached hydrogen (secondary N) is 1. The van der Waals surface area contributed by atoms with Crippen molar-refractivity contribution in [3.63, 3.8) is 0 Å². The van der Waals surface area contributed by atoms with Gasteiger partial charge in [0.25, 0.3) is 5.91 Å². The van der Waals surface area contributed by atoms with Crippen molar-refractivity contribution in [1.29, 1.82) is 0 Å². The molecule has 1 aromatic carbocycles. The topological polar surface area (TPSA) is 68.8 Å². The fourth-order valence-electron chi connectivity index (χ4n) is 2.35. The summed E-state index contributed by atoms with van der Waals surface area (Å²) in [7, 11) is 1.64. The van der Waals surface area contributed by atoms with Crippen LogP contribution in [0.3, 0.4) is 0 Å². The molecule has 0 spiro atoms. The third-order valence-electron chi connectivity index (χ3n) is 3.43. The first-order valence-electron chi connectivity index (χ1n) is 6.49. The maximum Gasteiger partial charge on any atom is 0.267 e. The van der Waals surface area contributed by atoms with Gasteiger partial charge in [-0.2, -0.15) is 0 Å². The predicted octanol–water partition coefficient (Wildman–Crippen LogP) is 2.22. The van der Waals surface area contributed by atoms with Gasteiger partial charge in [-0.25, -0.2) is 5.84 Å². The van der Waals surface area contributed by atoms with Crippen LogP contribution in [-0.4, -0.2) is 17.4 Å². The zero-order chi connectivity index (χ0) is 14.8. The Labute approximate surface area is 121 Å². The maximum atomic E-state index is 11.8. The Kier molecular flexibility index (Phi) is 3.33. The van der Waals surface area contributed by atoms with Crippen LogP contribution in [0.4, 0.5) is 0 Å². The minimum absolute atomic E-state index is 0.306. The number of methoxy groups -OCH3 is 1. The highest BCUT2D eigenvalue weighted by molar-refractivity contribution is 6.01. The highest BCUT2D eigenvalue weighted by Gasteiger charge is 2.11. The second-order valence-corrected chi connectivity index (χ2v) is 4.65. The monoisotopic (exact) mass is 281 g/mol. The molecule has 0 unspecified atom stereocenters. The number of hydrazine groups is 1. The number of carbonyl (C=O) groups excluding carboxylic acids is 1. The number of nitrogen functional groups attached to an aromatic ring is 1. The lowest BCUT2D eigenvalue weighted by Gasteiger charge is -2.01. The summed E-state index contributed by atoms with van der Waals surface area (Å²) < 4.78 is 7.06. The zero-order valence-electron chi connectivity index (χ0n) is 11.5. The Morgan fingerprint density at radius 2 is 1.95 bits per heavy atom. The van der Waals surface area contributed by atoms with E-state index in [1.54, 1.807) is 13.2 Å². The molecule has 0 aliphatic heterocycles. The van der Waals surface area contributed by atoms with Gasteiger partial charge >= 0.3 is 0 Å². The molecule has 1 amide bonds. The lowest BCUT2D eigenvalue weighted by atomic mass is 10.1. The summed E-state index contributed by atoms with van der Waals surface area (Å²) in [4.78, 5) is 11.8. The molecule has 0 aliphatic rings. The van der Waals surface area contributed by atoms with E-state index in [4.69, 9.17) is 10.6 Å². The molecule has 0 saturated carbocycles. The number of fused-ring (bicyclic) bond motifs is 1. The molecule has 0 bridgehead atoms. The van der Waals surface area contributed by atoms with Crippen LogP contribution in [0, 0.1) is 0 Å². The largest absolute Gasteiger partial charge is 0.497 e. The molecule has 3 aromatic rings. The van der Waals surface area contributed by atoms with Crippen molar-refractivity contribution < 1.29 is 9.53 Å². The van der Waals surface area contributed by atoms with Crippen LogP contribution in [0.2, 0.25) is 0 Å². The van der Waals surface area contributed by atoms with Crippen molar-refractivity contribution in [3.05, 3.63) is 60.4 Å². The van der Waals surface area contributed by atoms with Crippen molar-refractivity contribution in [2.24, 2.45) is 5.84 Å².